The highest BCUT2D eigenvalue weighted by molar-refractivity contribution is 6.30. The summed E-state index contributed by atoms with van der Waals surface area (Å²) in [7, 11) is 3.83. The van der Waals surface area contributed by atoms with Crippen LogP contribution in [0.3, 0.4) is 0 Å². The molecule has 1 saturated heterocycles. The number of nitrogens with zero attached hydrogens (tertiary/aromatic N) is 3. The molecule has 2 aliphatic heterocycles. The van der Waals surface area contributed by atoms with E-state index in [1.54, 1.807) is 7.11 Å². The molecule has 3 atom stereocenters. The number of hydrogen-bond acceptors (Lipinski definition) is 6. The van der Waals surface area contributed by atoms with Crippen LogP contribution in [-0.2, 0) is 0 Å². The lowest BCUT2D eigenvalue weighted by molar-refractivity contribution is 0.122. The first-order chi connectivity index (χ1) is 18.0. The van der Waals surface area contributed by atoms with Crippen molar-refractivity contribution in [3.8, 4) is 11.5 Å². The van der Waals surface area contributed by atoms with Gasteiger partial charge in [-0.1, -0.05) is 47.5 Å². The maximum atomic E-state index is 6.30. The summed E-state index contributed by atoms with van der Waals surface area (Å²) in [5.74, 6) is 2.39. The Bertz CT molecular complexity index is 1250. The maximum absolute atomic E-state index is 6.30. The molecular weight excluding hydrogens is 507 g/mol. The summed E-state index contributed by atoms with van der Waals surface area (Å²) >= 11 is 12.6. The predicted octanol–water partition coefficient (Wildman–Crippen LogP) is 5.81. The van der Waals surface area contributed by atoms with Crippen molar-refractivity contribution in [3.63, 3.8) is 0 Å². The van der Waals surface area contributed by atoms with Crippen LogP contribution in [-0.4, -0.2) is 62.2 Å². The van der Waals surface area contributed by atoms with Gasteiger partial charge in [0, 0.05) is 35.7 Å². The number of ether oxygens (including phenoxy) is 2. The minimum Gasteiger partial charge on any atom is -0.497 e. The fourth-order valence-corrected chi connectivity index (χ4v) is 5.42. The lowest BCUT2D eigenvalue weighted by atomic mass is 9.93. The molecule has 37 heavy (non-hydrogen) atoms. The van der Waals surface area contributed by atoms with Gasteiger partial charge in [0.2, 0.25) is 0 Å². The second kappa shape index (κ2) is 11.3. The Morgan fingerprint density at radius 2 is 1.65 bits per heavy atom. The topological polar surface area (TPSA) is 49.3 Å². The van der Waals surface area contributed by atoms with Crippen LogP contribution < -0.4 is 14.8 Å². The number of hydrogen-bond donors (Lipinski definition) is 1. The first-order valence-corrected chi connectivity index (χ1v) is 13.3. The average molecular weight is 540 g/mol. The average Bonchev–Trinajstić information content (AvgIpc) is 3.30. The van der Waals surface area contributed by atoms with Crippen LogP contribution in [0.5, 0.6) is 11.5 Å². The largest absolute Gasteiger partial charge is 0.497 e. The Kier molecular flexibility index (Phi) is 7.91. The van der Waals surface area contributed by atoms with E-state index in [9.17, 15) is 0 Å². The number of halogens is 2. The minimum atomic E-state index is -0.154. The molecule has 1 fully saturated rings. The first kappa shape index (κ1) is 25.9. The summed E-state index contributed by atoms with van der Waals surface area (Å²) in [6.07, 6.45) is 0.0482. The predicted molar refractivity (Wildman–Crippen MR) is 150 cm³/mol. The smallest absolute Gasteiger partial charge is 0.137 e. The third kappa shape index (κ3) is 5.43. The van der Waals surface area contributed by atoms with E-state index in [1.807, 2.05) is 49.4 Å². The second-order valence-electron chi connectivity index (χ2n) is 9.38. The number of benzene rings is 3. The molecule has 0 aliphatic carbocycles. The van der Waals surface area contributed by atoms with E-state index in [4.69, 9.17) is 37.7 Å². The molecule has 2 aliphatic rings. The van der Waals surface area contributed by atoms with Crippen LogP contribution in [0.1, 0.15) is 35.7 Å². The van der Waals surface area contributed by atoms with Crippen molar-refractivity contribution in [1.82, 2.24) is 15.1 Å². The summed E-state index contributed by atoms with van der Waals surface area (Å²) in [4.78, 5) is 10.2. The summed E-state index contributed by atoms with van der Waals surface area (Å²) in [6, 6.07) is 21.8. The zero-order valence-corrected chi connectivity index (χ0v) is 22.8. The first-order valence-electron chi connectivity index (χ1n) is 12.6. The van der Waals surface area contributed by atoms with Gasteiger partial charge in [0.25, 0.3) is 0 Å². The van der Waals surface area contributed by atoms with E-state index >= 15 is 0 Å². The van der Waals surface area contributed by atoms with Gasteiger partial charge < -0.3 is 19.3 Å². The van der Waals surface area contributed by atoms with Gasteiger partial charge in [0.05, 0.1) is 31.5 Å². The monoisotopic (exact) mass is 538 g/mol. The standard InChI is InChI=1S/C29H32Cl2N4O2/c1-4-37-25-17-23(36-3)13-14-24(25)29-33-27(19-5-9-21(30)10-6-19)28(20-7-11-22(31)12-8-20)35(29)26-18-34(2)16-15-32-26/h5-14,17,26-28,32H,4,15-16,18H2,1-3H3. The van der Waals surface area contributed by atoms with Crippen LogP contribution >= 0.6 is 23.2 Å². The van der Waals surface area contributed by atoms with Gasteiger partial charge in [-0.2, -0.15) is 0 Å². The summed E-state index contributed by atoms with van der Waals surface area (Å²) in [5, 5.41) is 5.16. The molecule has 3 aromatic rings. The lowest BCUT2D eigenvalue weighted by Gasteiger charge is -2.42. The molecule has 194 valence electrons. The van der Waals surface area contributed by atoms with Gasteiger partial charge >= 0.3 is 0 Å². The molecule has 5 rings (SSSR count). The Hall–Kier alpha value is -2.77. The molecule has 1 N–H and O–H groups in total. The van der Waals surface area contributed by atoms with Crippen LogP contribution in [0, 0.1) is 0 Å². The van der Waals surface area contributed by atoms with Crippen LogP contribution in [0.4, 0.5) is 0 Å². The van der Waals surface area contributed by atoms with Crippen molar-refractivity contribution < 1.29 is 9.47 Å². The van der Waals surface area contributed by atoms with E-state index < -0.39 is 0 Å². The Labute approximate surface area is 228 Å². The molecule has 0 aromatic heterocycles. The maximum Gasteiger partial charge on any atom is 0.137 e. The van der Waals surface area contributed by atoms with Gasteiger partial charge in [0.1, 0.15) is 23.4 Å². The zero-order valence-electron chi connectivity index (χ0n) is 21.3. The van der Waals surface area contributed by atoms with Crippen molar-refractivity contribution in [3.05, 3.63) is 93.5 Å². The fraction of sp³-hybridized carbons (Fsp3) is 0.345. The third-order valence-electron chi connectivity index (χ3n) is 6.95. The SMILES string of the molecule is CCOc1cc(OC)ccc1C1=NC(c2ccc(Cl)cc2)C(c2ccc(Cl)cc2)N1C1CN(C)CCN1. The minimum absolute atomic E-state index is 0.0482. The summed E-state index contributed by atoms with van der Waals surface area (Å²) in [5.41, 5.74) is 3.18. The Morgan fingerprint density at radius 3 is 2.27 bits per heavy atom. The van der Waals surface area contributed by atoms with E-state index in [2.05, 4.69) is 46.4 Å². The van der Waals surface area contributed by atoms with E-state index in [0.29, 0.717) is 16.7 Å². The van der Waals surface area contributed by atoms with Gasteiger partial charge in [-0.25, -0.2) is 0 Å². The van der Waals surface area contributed by atoms with Crippen LogP contribution in [0.15, 0.2) is 71.7 Å². The highest BCUT2D eigenvalue weighted by atomic mass is 35.5. The van der Waals surface area contributed by atoms with Crippen LogP contribution in [0.2, 0.25) is 10.0 Å². The Balaban J connectivity index is 1.69. The normalized spacial score (nSPS) is 22.1. The van der Waals surface area contributed by atoms with Gasteiger partial charge in [0.15, 0.2) is 0 Å². The van der Waals surface area contributed by atoms with Crippen molar-refractivity contribution in [2.24, 2.45) is 4.99 Å². The summed E-state index contributed by atoms with van der Waals surface area (Å²) in [6.45, 7) is 5.28. The highest BCUT2D eigenvalue weighted by Crippen LogP contribution is 2.46. The molecule has 0 spiro atoms. The molecular formula is C29H32Cl2N4O2. The molecule has 0 amide bonds. The van der Waals surface area contributed by atoms with Crippen molar-refractivity contribution in [2.45, 2.75) is 25.2 Å². The summed E-state index contributed by atoms with van der Waals surface area (Å²) < 4.78 is 11.6. The molecule has 0 bridgehead atoms. The van der Waals surface area contributed by atoms with E-state index in [0.717, 1.165) is 53.7 Å². The molecule has 3 aromatic carbocycles. The number of likely N-dealkylation sites (N-methyl/N-ethyl adjacent to an activating group) is 1. The number of nitrogens with one attached hydrogen (secondary N) is 1. The molecule has 0 radical (unpaired) electrons. The van der Waals surface area contributed by atoms with E-state index in [-0.39, 0.29) is 18.2 Å². The van der Waals surface area contributed by atoms with E-state index in [1.165, 1.54) is 0 Å². The fourth-order valence-electron chi connectivity index (χ4n) is 5.17. The van der Waals surface area contributed by atoms with Crippen LogP contribution in [0.25, 0.3) is 0 Å². The number of piperazine rings is 1. The molecule has 0 saturated carbocycles. The molecule has 3 unspecified atom stereocenters. The van der Waals surface area contributed by atoms with Crippen molar-refractivity contribution in [2.75, 3.05) is 40.4 Å². The zero-order chi connectivity index (χ0) is 25.9. The number of amidine groups is 1. The third-order valence-corrected chi connectivity index (χ3v) is 7.46. The second-order valence-corrected chi connectivity index (χ2v) is 10.3. The quantitative estimate of drug-likeness (QED) is 0.411. The Morgan fingerprint density at radius 1 is 0.973 bits per heavy atom. The van der Waals surface area contributed by atoms with Gasteiger partial charge in [-0.3, -0.25) is 10.3 Å². The highest BCUT2D eigenvalue weighted by Gasteiger charge is 2.43. The number of aliphatic imine (C=N–C) groups is 1. The van der Waals surface area contributed by atoms with Crippen molar-refractivity contribution >= 4 is 29.0 Å². The van der Waals surface area contributed by atoms with Gasteiger partial charge in [-0.15, -0.1) is 0 Å². The molecule has 2 heterocycles. The van der Waals surface area contributed by atoms with Crippen molar-refractivity contribution in [1.29, 1.82) is 0 Å². The lowest BCUT2D eigenvalue weighted by Crippen LogP contribution is -2.59. The van der Waals surface area contributed by atoms with Gasteiger partial charge in [-0.05, 0) is 61.5 Å². The molecule has 8 heteroatoms. The number of methoxy groups -OCH3 is 1. The number of rotatable bonds is 7. The molecule has 6 nitrogen and oxygen atoms in total.